The van der Waals surface area contributed by atoms with Crippen LogP contribution in [0.4, 0.5) is 27.7 Å². The molecule has 0 amide bonds. The van der Waals surface area contributed by atoms with Crippen molar-refractivity contribution in [3.05, 3.63) is 69.8 Å². The molecule has 0 atom stereocenters. The van der Waals surface area contributed by atoms with E-state index in [1.165, 1.54) is 36.4 Å². The van der Waals surface area contributed by atoms with E-state index < -0.39 is 4.92 Å². The molecule has 0 saturated heterocycles. The molecule has 27 heavy (non-hydrogen) atoms. The van der Waals surface area contributed by atoms with Crippen molar-refractivity contribution >= 4 is 23.3 Å². The molecule has 9 nitrogen and oxygen atoms in total. The summed E-state index contributed by atoms with van der Waals surface area (Å²) in [7, 11) is 0. The molecule has 0 aliphatic heterocycles. The Morgan fingerprint density at radius 2 is 1.93 bits per heavy atom. The molecule has 0 aliphatic carbocycles. The fraction of sp³-hybridized carbons (Fsp3) is 0.118. The van der Waals surface area contributed by atoms with E-state index >= 15 is 0 Å². The van der Waals surface area contributed by atoms with E-state index in [0.29, 0.717) is 17.0 Å². The average molecular weight is 370 g/mol. The standard InChI is InChI=1S/C17H15FN6O3/c1-10-8-13(6-7-14(10)24(25)26)27-9-15-21-16(19)23-17(22-15)20-12-4-2-11(18)3-5-12/h2-8H,9H2,1H3,(H3,19,20,21,22,23). The van der Waals surface area contributed by atoms with Crippen LogP contribution in [0.15, 0.2) is 42.5 Å². The number of hydrogen-bond acceptors (Lipinski definition) is 8. The van der Waals surface area contributed by atoms with Crippen LogP contribution in [0, 0.1) is 22.9 Å². The van der Waals surface area contributed by atoms with Crippen molar-refractivity contribution in [1.29, 1.82) is 0 Å². The number of anilines is 3. The molecule has 1 heterocycles. The van der Waals surface area contributed by atoms with Crippen molar-refractivity contribution < 1.29 is 14.1 Å². The van der Waals surface area contributed by atoms with Crippen molar-refractivity contribution in [2.75, 3.05) is 11.1 Å². The van der Waals surface area contributed by atoms with Gasteiger partial charge < -0.3 is 15.8 Å². The molecule has 10 heteroatoms. The first-order chi connectivity index (χ1) is 12.9. The van der Waals surface area contributed by atoms with Gasteiger partial charge in [0, 0.05) is 17.3 Å². The topological polar surface area (TPSA) is 129 Å². The van der Waals surface area contributed by atoms with E-state index in [2.05, 4.69) is 20.3 Å². The molecular formula is C17H15FN6O3. The van der Waals surface area contributed by atoms with Crippen LogP contribution >= 0.6 is 0 Å². The van der Waals surface area contributed by atoms with Crippen LogP contribution in [0.5, 0.6) is 5.75 Å². The number of nitro groups is 1. The summed E-state index contributed by atoms with van der Waals surface area (Å²) in [4.78, 5) is 22.6. The molecule has 0 aliphatic rings. The van der Waals surface area contributed by atoms with Crippen LogP contribution in [0.25, 0.3) is 0 Å². The highest BCUT2D eigenvalue weighted by Gasteiger charge is 2.11. The lowest BCUT2D eigenvalue weighted by Gasteiger charge is -2.09. The first kappa shape index (κ1) is 18.0. The summed E-state index contributed by atoms with van der Waals surface area (Å²) in [6.45, 7) is 1.61. The minimum atomic E-state index is -0.459. The number of nitrogens with one attached hydrogen (secondary N) is 1. The Hall–Kier alpha value is -3.82. The number of nitro benzene ring substituents is 1. The number of halogens is 1. The number of aryl methyl sites for hydroxylation is 1. The molecule has 0 radical (unpaired) electrons. The molecule has 2 aromatic carbocycles. The minimum Gasteiger partial charge on any atom is -0.486 e. The molecule has 0 bridgehead atoms. The maximum absolute atomic E-state index is 13.0. The van der Waals surface area contributed by atoms with Gasteiger partial charge in [-0.3, -0.25) is 10.1 Å². The highest BCUT2D eigenvalue weighted by molar-refractivity contribution is 5.53. The van der Waals surface area contributed by atoms with Crippen LogP contribution in [0.1, 0.15) is 11.4 Å². The summed E-state index contributed by atoms with van der Waals surface area (Å²) in [6, 6.07) is 10.1. The highest BCUT2D eigenvalue weighted by atomic mass is 19.1. The molecule has 0 fully saturated rings. The minimum absolute atomic E-state index is 0.00640. The Morgan fingerprint density at radius 1 is 1.19 bits per heavy atom. The van der Waals surface area contributed by atoms with Crippen molar-refractivity contribution in [1.82, 2.24) is 15.0 Å². The lowest BCUT2D eigenvalue weighted by molar-refractivity contribution is -0.385. The Labute approximate surface area is 153 Å². The molecule has 3 aromatic rings. The van der Waals surface area contributed by atoms with E-state index in [4.69, 9.17) is 10.5 Å². The zero-order chi connectivity index (χ0) is 19.4. The number of nitrogen functional groups attached to an aromatic ring is 1. The second-order valence-corrected chi connectivity index (χ2v) is 5.56. The van der Waals surface area contributed by atoms with E-state index in [1.807, 2.05) is 0 Å². The Bertz CT molecular complexity index is 981. The second-order valence-electron chi connectivity index (χ2n) is 5.56. The Kier molecular flexibility index (Phi) is 5.06. The van der Waals surface area contributed by atoms with Gasteiger partial charge in [0.05, 0.1) is 4.92 Å². The van der Waals surface area contributed by atoms with Gasteiger partial charge in [-0.05, 0) is 43.3 Å². The quantitative estimate of drug-likeness (QED) is 0.500. The number of nitrogens with two attached hydrogens (primary N) is 1. The summed E-state index contributed by atoms with van der Waals surface area (Å²) < 4.78 is 18.5. The highest BCUT2D eigenvalue weighted by Crippen LogP contribution is 2.23. The molecule has 0 unspecified atom stereocenters. The van der Waals surface area contributed by atoms with Gasteiger partial charge in [-0.15, -0.1) is 0 Å². The zero-order valence-electron chi connectivity index (χ0n) is 14.2. The zero-order valence-corrected chi connectivity index (χ0v) is 14.2. The van der Waals surface area contributed by atoms with Gasteiger partial charge in [-0.2, -0.15) is 15.0 Å². The van der Waals surface area contributed by atoms with Crippen LogP contribution < -0.4 is 15.8 Å². The molecule has 138 valence electrons. The van der Waals surface area contributed by atoms with Gasteiger partial charge in [0.25, 0.3) is 5.69 Å². The first-order valence-corrected chi connectivity index (χ1v) is 7.81. The Morgan fingerprint density at radius 3 is 2.59 bits per heavy atom. The fourth-order valence-electron chi connectivity index (χ4n) is 2.29. The van der Waals surface area contributed by atoms with Crippen molar-refractivity contribution in [3.8, 4) is 5.75 Å². The second kappa shape index (κ2) is 7.60. The van der Waals surface area contributed by atoms with E-state index in [9.17, 15) is 14.5 Å². The van der Waals surface area contributed by atoms with Crippen molar-refractivity contribution in [2.45, 2.75) is 13.5 Å². The fourth-order valence-corrected chi connectivity index (χ4v) is 2.29. The predicted molar refractivity (Wildman–Crippen MR) is 96.1 cm³/mol. The third kappa shape index (κ3) is 4.63. The van der Waals surface area contributed by atoms with Gasteiger partial charge in [-0.1, -0.05) is 0 Å². The maximum atomic E-state index is 13.0. The summed E-state index contributed by atoms with van der Waals surface area (Å²) in [5, 5.41) is 13.8. The van der Waals surface area contributed by atoms with E-state index in [0.717, 1.165) is 0 Å². The summed E-state index contributed by atoms with van der Waals surface area (Å²) in [6.07, 6.45) is 0. The average Bonchev–Trinajstić information content (AvgIpc) is 2.61. The van der Waals surface area contributed by atoms with Crippen LogP contribution in [0.2, 0.25) is 0 Å². The van der Waals surface area contributed by atoms with Gasteiger partial charge >= 0.3 is 0 Å². The molecule has 3 rings (SSSR count). The first-order valence-electron chi connectivity index (χ1n) is 7.81. The molecule has 3 N–H and O–H groups in total. The smallest absolute Gasteiger partial charge is 0.272 e. The number of aromatic nitrogens is 3. The summed E-state index contributed by atoms with van der Waals surface area (Å²) in [5.74, 6) is 0.525. The number of rotatable bonds is 6. The number of benzene rings is 2. The van der Waals surface area contributed by atoms with Crippen molar-refractivity contribution in [3.63, 3.8) is 0 Å². The van der Waals surface area contributed by atoms with Gasteiger partial charge in [0.2, 0.25) is 11.9 Å². The number of nitrogens with zero attached hydrogens (tertiary/aromatic N) is 4. The van der Waals surface area contributed by atoms with Gasteiger partial charge in [0.15, 0.2) is 5.82 Å². The lowest BCUT2D eigenvalue weighted by Crippen LogP contribution is -2.09. The summed E-state index contributed by atoms with van der Waals surface area (Å²) in [5.41, 5.74) is 6.76. The van der Waals surface area contributed by atoms with Gasteiger partial charge in [-0.25, -0.2) is 4.39 Å². The SMILES string of the molecule is Cc1cc(OCc2nc(N)nc(Nc3ccc(F)cc3)n2)ccc1[N+](=O)[O-]. The molecule has 0 saturated carbocycles. The number of hydrogen-bond donors (Lipinski definition) is 2. The number of ether oxygens (including phenoxy) is 1. The van der Waals surface area contributed by atoms with Gasteiger partial charge in [0.1, 0.15) is 18.2 Å². The van der Waals surface area contributed by atoms with Crippen LogP contribution in [-0.2, 0) is 6.61 Å². The monoisotopic (exact) mass is 370 g/mol. The third-order valence-electron chi connectivity index (χ3n) is 3.53. The summed E-state index contributed by atoms with van der Waals surface area (Å²) >= 11 is 0. The van der Waals surface area contributed by atoms with E-state index in [-0.39, 0.29) is 35.8 Å². The normalized spacial score (nSPS) is 10.4. The molecular weight excluding hydrogens is 355 g/mol. The van der Waals surface area contributed by atoms with Crippen LogP contribution in [0.3, 0.4) is 0 Å². The lowest BCUT2D eigenvalue weighted by atomic mass is 10.2. The van der Waals surface area contributed by atoms with E-state index in [1.54, 1.807) is 13.0 Å². The molecule has 0 spiro atoms. The molecule has 1 aromatic heterocycles. The maximum Gasteiger partial charge on any atom is 0.272 e. The van der Waals surface area contributed by atoms with Crippen LogP contribution in [-0.4, -0.2) is 19.9 Å². The Balaban J connectivity index is 1.72. The largest absolute Gasteiger partial charge is 0.486 e. The predicted octanol–water partition coefficient (Wildman–Crippen LogP) is 3.13. The van der Waals surface area contributed by atoms with Crippen molar-refractivity contribution in [2.24, 2.45) is 0 Å². The third-order valence-corrected chi connectivity index (χ3v) is 3.53.